The summed E-state index contributed by atoms with van der Waals surface area (Å²) in [7, 11) is -3.60. The monoisotopic (exact) mass is 304 g/mol. The van der Waals surface area contributed by atoms with Crippen molar-refractivity contribution >= 4 is 31.6 Å². The summed E-state index contributed by atoms with van der Waals surface area (Å²) in [5.41, 5.74) is 5.84. The molecule has 1 aromatic carbocycles. The second-order valence-electron chi connectivity index (χ2n) is 3.33. The Morgan fingerprint density at radius 2 is 2.19 bits per heavy atom. The van der Waals surface area contributed by atoms with Crippen LogP contribution in [0.5, 0.6) is 0 Å². The van der Waals surface area contributed by atoms with Crippen LogP contribution < -0.4 is 10.5 Å². The number of benzene rings is 1. The number of rotatable bonds is 4. The lowest BCUT2D eigenvalue weighted by molar-refractivity contribution is 0.576. The Bertz CT molecular complexity index is 500. The highest BCUT2D eigenvalue weighted by Gasteiger charge is 2.19. The molecule has 0 aliphatic rings. The molecule has 0 saturated heterocycles. The van der Waals surface area contributed by atoms with Gasteiger partial charge in [-0.05, 0) is 25.1 Å². The van der Waals surface area contributed by atoms with Gasteiger partial charge in [-0.15, -0.1) is 6.58 Å². The molecule has 1 aromatic rings. The summed E-state index contributed by atoms with van der Waals surface area (Å²) in [6.45, 7) is 5.20. The molecule has 0 amide bonds. The van der Waals surface area contributed by atoms with Crippen LogP contribution in [0.15, 0.2) is 40.2 Å². The average Bonchev–Trinajstić information content (AvgIpc) is 2.20. The molecule has 0 radical (unpaired) electrons. The van der Waals surface area contributed by atoms with Crippen LogP contribution in [0.25, 0.3) is 0 Å². The fraction of sp³-hybridized carbons (Fsp3) is 0.200. The summed E-state index contributed by atoms with van der Waals surface area (Å²) < 4.78 is 26.9. The Labute approximate surface area is 104 Å². The Morgan fingerprint density at radius 1 is 1.56 bits per heavy atom. The van der Waals surface area contributed by atoms with Gasteiger partial charge in [0.2, 0.25) is 10.0 Å². The minimum Gasteiger partial charge on any atom is -0.398 e. The van der Waals surface area contributed by atoms with E-state index in [4.69, 9.17) is 5.73 Å². The molecule has 0 aliphatic heterocycles. The van der Waals surface area contributed by atoms with Crippen LogP contribution in [0.1, 0.15) is 6.92 Å². The first kappa shape index (κ1) is 13.2. The molecule has 0 fully saturated rings. The van der Waals surface area contributed by atoms with Gasteiger partial charge in [0.05, 0.1) is 5.69 Å². The normalized spacial score (nSPS) is 13.4. The first-order chi connectivity index (χ1) is 7.36. The van der Waals surface area contributed by atoms with Crippen molar-refractivity contribution in [2.75, 3.05) is 5.73 Å². The number of nitrogen functional groups attached to an aromatic ring is 1. The van der Waals surface area contributed by atoms with Gasteiger partial charge in [0.25, 0.3) is 0 Å². The second-order valence-corrected chi connectivity index (χ2v) is 5.93. The van der Waals surface area contributed by atoms with Crippen molar-refractivity contribution in [1.29, 1.82) is 0 Å². The molecule has 0 spiro atoms. The van der Waals surface area contributed by atoms with Crippen LogP contribution in [0.4, 0.5) is 5.69 Å². The van der Waals surface area contributed by atoms with Crippen molar-refractivity contribution in [3.63, 3.8) is 0 Å². The van der Waals surface area contributed by atoms with E-state index in [-0.39, 0.29) is 16.6 Å². The van der Waals surface area contributed by atoms with Gasteiger partial charge in [-0.3, -0.25) is 0 Å². The minimum atomic E-state index is -3.60. The number of sulfonamides is 1. The van der Waals surface area contributed by atoms with E-state index >= 15 is 0 Å². The third-order valence-corrected chi connectivity index (χ3v) is 4.07. The summed E-state index contributed by atoms with van der Waals surface area (Å²) in [5, 5.41) is 0. The second kappa shape index (κ2) is 4.99. The van der Waals surface area contributed by atoms with Crippen molar-refractivity contribution in [2.24, 2.45) is 0 Å². The molecule has 0 aliphatic carbocycles. The van der Waals surface area contributed by atoms with E-state index < -0.39 is 10.0 Å². The number of anilines is 1. The van der Waals surface area contributed by atoms with E-state index in [1.165, 1.54) is 18.2 Å². The topological polar surface area (TPSA) is 72.2 Å². The third kappa shape index (κ3) is 3.07. The maximum absolute atomic E-state index is 11.9. The average molecular weight is 305 g/mol. The molecule has 1 unspecified atom stereocenters. The summed E-state index contributed by atoms with van der Waals surface area (Å²) >= 11 is 3.20. The van der Waals surface area contributed by atoms with Gasteiger partial charge in [0.15, 0.2) is 0 Å². The van der Waals surface area contributed by atoms with Crippen LogP contribution in [0.2, 0.25) is 0 Å². The van der Waals surface area contributed by atoms with E-state index in [0.717, 1.165) is 0 Å². The number of halogens is 1. The Hall–Kier alpha value is -0.850. The predicted molar refractivity (Wildman–Crippen MR) is 68.5 cm³/mol. The number of nitrogens with two attached hydrogens (primary N) is 1. The summed E-state index contributed by atoms with van der Waals surface area (Å²) in [5.74, 6) is 0. The van der Waals surface area contributed by atoms with Gasteiger partial charge >= 0.3 is 0 Å². The number of nitrogens with one attached hydrogen (secondary N) is 1. The van der Waals surface area contributed by atoms with E-state index in [0.29, 0.717) is 4.47 Å². The minimum absolute atomic E-state index is 0.0653. The van der Waals surface area contributed by atoms with E-state index in [2.05, 4.69) is 27.2 Å². The molecule has 1 rings (SSSR count). The highest BCUT2D eigenvalue weighted by atomic mass is 79.9. The van der Waals surface area contributed by atoms with Gasteiger partial charge in [0.1, 0.15) is 4.90 Å². The SMILES string of the molecule is C=CC(C)NS(=O)(=O)c1cc(Br)ccc1N. The quantitative estimate of drug-likeness (QED) is 0.659. The maximum Gasteiger partial charge on any atom is 0.243 e. The van der Waals surface area contributed by atoms with Crippen LogP contribution in [0.3, 0.4) is 0 Å². The molecule has 1 atom stereocenters. The first-order valence-electron chi connectivity index (χ1n) is 4.56. The molecule has 88 valence electrons. The molecule has 16 heavy (non-hydrogen) atoms. The molecule has 0 saturated carbocycles. The van der Waals surface area contributed by atoms with Gasteiger partial charge in [-0.1, -0.05) is 22.0 Å². The smallest absolute Gasteiger partial charge is 0.243 e. The summed E-state index contributed by atoms with van der Waals surface area (Å²) in [4.78, 5) is 0.0653. The Morgan fingerprint density at radius 3 is 2.75 bits per heavy atom. The molecular weight excluding hydrogens is 292 g/mol. The van der Waals surface area contributed by atoms with E-state index in [1.54, 1.807) is 13.0 Å². The standard InChI is InChI=1S/C10H13BrN2O2S/c1-3-7(2)13-16(14,15)10-6-8(11)4-5-9(10)12/h3-7,13H,1,12H2,2H3. The van der Waals surface area contributed by atoms with Crippen LogP contribution in [0, 0.1) is 0 Å². The maximum atomic E-state index is 11.9. The van der Waals surface area contributed by atoms with Gasteiger partial charge in [-0.2, -0.15) is 0 Å². The third-order valence-electron chi connectivity index (χ3n) is 1.96. The molecule has 4 nitrogen and oxygen atoms in total. The zero-order valence-corrected chi connectivity index (χ0v) is 11.2. The lowest BCUT2D eigenvalue weighted by atomic mass is 10.3. The number of hydrogen-bond donors (Lipinski definition) is 2. The van der Waals surface area contributed by atoms with Crippen molar-refractivity contribution in [2.45, 2.75) is 17.9 Å². The van der Waals surface area contributed by atoms with Gasteiger partial charge < -0.3 is 5.73 Å². The first-order valence-corrected chi connectivity index (χ1v) is 6.84. The van der Waals surface area contributed by atoms with Crippen molar-refractivity contribution in [3.05, 3.63) is 35.3 Å². The van der Waals surface area contributed by atoms with E-state index in [1.807, 2.05) is 0 Å². The van der Waals surface area contributed by atoms with Crippen LogP contribution in [-0.2, 0) is 10.0 Å². The van der Waals surface area contributed by atoms with Crippen LogP contribution in [-0.4, -0.2) is 14.5 Å². The molecule has 6 heteroatoms. The van der Waals surface area contributed by atoms with E-state index in [9.17, 15) is 8.42 Å². The Kier molecular flexibility index (Phi) is 4.12. The zero-order valence-electron chi connectivity index (χ0n) is 8.77. The van der Waals surface area contributed by atoms with Crippen LogP contribution >= 0.6 is 15.9 Å². The van der Waals surface area contributed by atoms with Gasteiger partial charge in [0, 0.05) is 10.5 Å². The lowest BCUT2D eigenvalue weighted by Crippen LogP contribution is -2.31. The lowest BCUT2D eigenvalue weighted by Gasteiger charge is -2.12. The van der Waals surface area contributed by atoms with Crippen molar-refractivity contribution in [1.82, 2.24) is 4.72 Å². The number of hydrogen-bond acceptors (Lipinski definition) is 3. The van der Waals surface area contributed by atoms with Crippen molar-refractivity contribution in [3.8, 4) is 0 Å². The highest BCUT2D eigenvalue weighted by molar-refractivity contribution is 9.10. The van der Waals surface area contributed by atoms with Crippen molar-refractivity contribution < 1.29 is 8.42 Å². The fourth-order valence-corrected chi connectivity index (χ4v) is 2.98. The molecule has 0 bridgehead atoms. The molecule has 0 aromatic heterocycles. The predicted octanol–water partition coefficient (Wildman–Crippen LogP) is 1.88. The zero-order chi connectivity index (χ0) is 12.3. The fourth-order valence-electron chi connectivity index (χ4n) is 1.10. The summed E-state index contributed by atoms with van der Waals surface area (Å²) in [6.07, 6.45) is 1.51. The van der Waals surface area contributed by atoms with Gasteiger partial charge in [-0.25, -0.2) is 13.1 Å². The molecular formula is C10H13BrN2O2S. The largest absolute Gasteiger partial charge is 0.398 e. The molecule has 0 heterocycles. The summed E-state index contributed by atoms with van der Waals surface area (Å²) in [6, 6.07) is 4.35. The molecule has 3 N–H and O–H groups in total. The Balaban J connectivity index is 3.16. The highest BCUT2D eigenvalue weighted by Crippen LogP contribution is 2.22.